The fraction of sp³-hybridized carbons (Fsp3) is 0.357. The SMILES string of the molecule is CCN(CCCO)c1ccnc2cc(Cl)ccc12. The van der Waals surface area contributed by atoms with Crippen LogP contribution in [-0.4, -0.2) is 29.8 Å². The first kappa shape index (κ1) is 13.1. The predicted octanol–water partition coefficient (Wildman–Crippen LogP) is 3.10. The third-order valence-corrected chi connectivity index (χ3v) is 3.23. The summed E-state index contributed by atoms with van der Waals surface area (Å²) in [6, 6.07) is 7.77. The van der Waals surface area contributed by atoms with Gasteiger partial charge < -0.3 is 10.0 Å². The second-order valence-electron chi connectivity index (χ2n) is 4.15. The highest BCUT2D eigenvalue weighted by Crippen LogP contribution is 2.27. The fourth-order valence-corrected chi connectivity index (χ4v) is 2.26. The minimum atomic E-state index is 0.214. The van der Waals surface area contributed by atoms with Crippen molar-refractivity contribution in [3.8, 4) is 0 Å². The lowest BCUT2D eigenvalue weighted by Crippen LogP contribution is -2.24. The molecule has 0 fully saturated rings. The van der Waals surface area contributed by atoms with Crippen molar-refractivity contribution in [1.82, 2.24) is 4.98 Å². The van der Waals surface area contributed by atoms with Crippen molar-refractivity contribution in [2.45, 2.75) is 13.3 Å². The summed E-state index contributed by atoms with van der Waals surface area (Å²) in [5.41, 5.74) is 2.05. The monoisotopic (exact) mass is 264 g/mol. The Balaban J connectivity index is 2.42. The van der Waals surface area contributed by atoms with Gasteiger partial charge in [0.1, 0.15) is 0 Å². The van der Waals surface area contributed by atoms with Crippen molar-refractivity contribution >= 4 is 28.2 Å². The highest BCUT2D eigenvalue weighted by molar-refractivity contribution is 6.31. The van der Waals surface area contributed by atoms with Gasteiger partial charge >= 0.3 is 0 Å². The second-order valence-corrected chi connectivity index (χ2v) is 4.58. The van der Waals surface area contributed by atoms with Crippen LogP contribution in [0.5, 0.6) is 0 Å². The summed E-state index contributed by atoms with van der Waals surface area (Å²) in [6.45, 7) is 4.07. The van der Waals surface area contributed by atoms with E-state index in [-0.39, 0.29) is 6.61 Å². The van der Waals surface area contributed by atoms with Gasteiger partial charge in [0.15, 0.2) is 0 Å². The summed E-state index contributed by atoms with van der Waals surface area (Å²) >= 11 is 5.98. The van der Waals surface area contributed by atoms with E-state index >= 15 is 0 Å². The van der Waals surface area contributed by atoms with Gasteiger partial charge in [-0.2, -0.15) is 0 Å². The molecular formula is C14H17ClN2O. The molecule has 1 aromatic carbocycles. The molecule has 0 spiro atoms. The van der Waals surface area contributed by atoms with E-state index in [2.05, 4.69) is 16.8 Å². The number of halogens is 1. The standard InChI is InChI=1S/C14H17ClN2O/c1-2-17(8-3-9-18)14-6-7-16-13-10-11(15)4-5-12(13)14/h4-7,10,18H,2-3,8-9H2,1H3. The van der Waals surface area contributed by atoms with Crippen LogP contribution in [0.15, 0.2) is 30.5 Å². The zero-order chi connectivity index (χ0) is 13.0. The van der Waals surface area contributed by atoms with E-state index in [1.54, 1.807) is 6.20 Å². The number of rotatable bonds is 5. The Morgan fingerprint density at radius 3 is 2.89 bits per heavy atom. The van der Waals surface area contributed by atoms with Crippen LogP contribution in [0, 0.1) is 0 Å². The first-order valence-corrected chi connectivity index (χ1v) is 6.54. The topological polar surface area (TPSA) is 36.4 Å². The Bertz CT molecular complexity index is 530. The van der Waals surface area contributed by atoms with E-state index in [0.29, 0.717) is 5.02 Å². The number of fused-ring (bicyclic) bond motifs is 1. The molecule has 18 heavy (non-hydrogen) atoms. The molecule has 3 nitrogen and oxygen atoms in total. The van der Waals surface area contributed by atoms with Crippen molar-refractivity contribution in [3.63, 3.8) is 0 Å². The Hall–Kier alpha value is -1.32. The smallest absolute Gasteiger partial charge is 0.0737 e. The van der Waals surface area contributed by atoms with Gasteiger partial charge in [-0.3, -0.25) is 4.98 Å². The number of anilines is 1. The third-order valence-electron chi connectivity index (χ3n) is 2.99. The van der Waals surface area contributed by atoms with Crippen LogP contribution in [0.4, 0.5) is 5.69 Å². The molecule has 0 saturated carbocycles. The molecular weight excluding hydrogens is 248 g/mol. The normalized spacial score (nSPS) is 10.8. The van der Waals surface area contributed by atoms with Crippen LogP contribution in [0.2, 0.25) is 5.02 Å². The lowest BCUT2D eigenvalue weighted by Gasteiger charge is -2.24. The van der Waals surface area contributed by atoms with Crippen molar-refractivity contribution < 1.29 is 5.11 Å². The van der Waals surface area contributed by atoms with Crippen molar-refractivity contribution in [2.75, 3.05) is 24.6 Å². The van der Waals surface area contributed by atoms with Gasteiger partial charge in [-0.05, 0) is 37.6 Å². The van der Waals surface area contributed by atoms with Crippen LogP contribution in [0.1, 0.15) is 13.3 Å². The molecule has 0 aliphatic rings. The Morgan fingerprint density at radius 1 is 1.33 bits per heavy atom. The maximum atomic E-state index is 8.95. The van der Waals surface area contributed by atoms with E-state index in [9.17, 15) is 0 Å². The first-order valence-electron chi connectivity index (χ1n) is 6.16. The lowest BCUT2D eigenvalue weighted by molar-refractivity contribution is 0.289. The molecule has 0 unspecified atom stereocenters. The summed E-state index contributed by atoms with van der Waals surface area (Å²) in [7, 11) is 0. The van der Waals surface area contributed by atoms with E-state index < -0.39 is 0 Å². The third kappa shape index (κ3) is 2.74. The van der Waals surface area contributed by atoms with Crippen molar-refractivity contribution in [2.24, 2.45) is 0 Å². The number of nitrogens with zero attached hydrogens (tertiary/aromatic N) is 2. The van der Waals surface area contributed by atoms with Gasteiger partial charge in [0.25, 0.3) is 0 Å². The molecule has 0 radical (unpaired) electrons. The van der Waals surface area contributed by atoms with E-state index in [4.69, 9.17) is 16.7 Å². The number of hydrogen-bond donors (Lipinski definition) is 1. The van der Waals surface area contributed by atoms with Crippen molar-refractivity contribution in [1.29, 1.82) is 0 Å². The highest BCUT2D eigenvalue weighted by atomic mass is 35.5. The van der Waals surface area contributed by atoms with E-state index in [0.717, 1.165) is 36.1 Å². The zero-order valence-electron chi connectivity index (χ0n) is 10.4. The van der Waals surface area contributed by atoms with Crippen molar-refractivity contribution in [3.05, 3.63) is 35.5 Å². The van der Waals surface area contributed by atoms with Crippen LogP contribution < -0.4 is 4.90 Å². The number of hydrogen-bond acceptors (Lipinski definition) is 3. The predicted molar refractivity (Wildman–Crippen MR) is 76.3 cm³/mol. The van der Waals surface area contributed by atoms with E-state index in [1.807, 2.05) is 24.3 Å². The second kappa shape index (κ2) is 6.03. The number of pyridine rings is 1. The Labute approximate surface area is 112 Å². The van der Waals surface area contributed by atoms with Gasteiger partial charge in [-0.15, -0.1) is 0 Å². The average Bonchev–Trinajstić information content (AvgIpc) is 2.39. The molecule has 1 aromatic heterocycles. The molecule has 1 heterocycles. The molecule has 4 heteroatoms. The largest absolute Gasteiger partial charge is 0.396 e. The maximum absolute atomic E-state index is 8.95. The molecule has 96 valence electrons. The molecule has 0 amide bonds. The molecule has 0 bridgehead atoms. The first-order chi connectivity index (χ1) is 8.76. The van der Waals surface area contributed by atoms with E-state index in [1.165, 1.54) is 0 Å². The van der Waals surface area contributed by atoms with Crippen LogP contribution in [0.3, 0.4) is 0 Å². The fourth-order valence-electron chi connectivity index (χ4n) is 2.09. The summed E-state index contributed by atoms with van der Waals surface area (Å²) < 4.78 is 0. The Kier molecular flexibility index (Phi) is 4.39. The summed E-state index contributed by atoms with van der Waals surface area (Å²) in [5.74, 6) is 0. The van der Waals surface area contributed by atoms with Gasteiger partial charge in [0.05, 0.1) is 5.52 Å². The van der Waals surface area contributed by atoms with Crippen LogP contribution in [0.25, 0.3) is 10.9 Å². The molecule has 0 aliphatic carbocycles. The van der Waals surface area contributed by atoms with Crippen LogP contribution >= 0.6 is 11.6 Å². The number of aromatic nitrogens is 1. The van der Waals surface area contributed by atoms with Gasteiger partial charge in [0, 0.05) is 42.0 Å². The summed E-state index contributed by atoms with van der Waals surface area (Å²) in [6.07, 6.45) is 2.57. The zero-order valence-corrected chi connectivity index (χ0v) is 11.2. The number of benzene rings is 1. The van der Waals surface area contributed by atoms with Gasteiger partial charge in [-0.25, -0.2) is 0 Å². The molecule has 0 saturated heterocycles. The minimum Gasteiger partial charge on any atom is -0.396 e. The van der Waals surface area contributed by atoms with Gasteiger partial charge in [-0.1, -0.05) is 11.6 Å². The Morgan fingerprint density at radius 2 is 2.17 bits per heavy atom. The maximum Gasteiger partial charge on any atom is 0.0737 e. The average molecular weight is 265 g/mol. The molecule has 2 rings (SSSR count). The molecule has 2 aromatic rings. The molecule has 1 N–H and O–H groups in total. The lowest BCUT2D eigenvalue weighted by atomic mass is 10.1. The molecule has 0 atom stereocenters. The number of aliphatic hydroxyl groups is 1. The quantitative estimate of drug-likeness (QED) is 0.902. The summed E-state index contributed by atoms with van der Waals surface area (Å²) in [4.78, 5) is 6.58. The number of aliphatic hydroxyl groups excluding tert-OH is 1. The minimum absolute atomic E-state index is 0.214. The molecule has 0 aliphatic heterocycles. The highest BCUT2D eigenvalue weighted by Gasteiger charge is 2.08. The summed E-state index contributed by atoms with van der Waals surface area (Å²) in [5, 5.41) is 10.7. The van der Waals surface area contributed by atoms with Crippen LogP contribution in [-0.2, 0) is 0 Å². The van der Waals surface area contributed by atoms with Gasteiger partial charge in [0.2, 0.25) is 0 Å².